The summed E-state index contributed by atoms with van der Waals surface area (Å²) in [5.74, 6) is 2.21. The molecule has 14 nitrogen and oxygen atoms in total. The maximum atomic E-state index is 11.1. The number of aliphatic hydroxyl groups excluding tert-OH is 2. The molecular weight excluding hydrogens is 612 g/mol. The Balaban J connectivity index is 1.19. The first-order chi connectivity index (χ1) is 23.6. The zero-order valence-corrected chi connectivity index (χ0v) is 26.2. The van der Waals surface area contributed by atoms with Gasteiger partial charge in [-0.2, -0.15) is 15.0 Å². The molecule has 0 radical (unpaired) electrons. The number of benzene rings is 2. The second-order valence-corrected chi connectivity index (χ2v) is 11.4. The van der Waals surface area contributed by atoms with Gasteiger partial charge in [0.15, 0.2) is 35.1 Å². The van der Waals surface area contributed by atoms with E-state index in [1.807, 2.05) is 61.5 Å². The van der Waals surface area contributed by atoms with Gasteiger partial charge >= 0.3 is 0 Å². The summed E-state index contributed by atoms with van der Waals surface area (Å²) in [6, 6.07) is 26.2. The first-order valence-corrected chi connectivity index (χ1v) is 15.9. The molecule has 1 aliphatic heterocycles. The van der Waals surface area contributed by atoms with E-state index in [4.69, 9.17) is 19.2 Å². The number of pyridine rings is 1. The van der Waals surface area contributed by atoms with Gasteiger partial charge < -0.3 is 35.4 Å². The number of aryl methyl sites for hydroxylation is 1. The number of hydrogen-bond donors (Lipinski definition) is 5. The number of anilines is 3. The van der Waals surface area contributed by atoms with E-state index in [1.165, 1.54) is 6.33 Å². The van der Waals surface area contributed by atoms with Crippen molar-refractivity contribution in [1.29, 1.82) is 0 Å². The van der Waals surface area contributed by atoms with Crippen molar-refractivity contribution < 1.29 is 19.5 Å². The number of aliphatic hydroxyl groups is 2. The predicted octanol–water partition coefficient (Wildman–Crippen LogP) is 3.93. The number of nitrogens with one attached hydrogen (secondary N) is 3. The molecule has 4 aromatic heterocycles. The van der Waals surface area contributed by atoms with Crippen LogP contribution in [0, 0.1) is 0 Å². The molecule has 0 aliphatic carbocycles. The van der Waals surface area contributed by atoms with Crippen LogP contribution >= 0.6 is 0 Å². The van der Waals surface area contributed by atoms with Gasteiger partial charge in [-0.15, -0.1) is 0 Å². The van der Waals surface area contributed by atoms with Crippen molar-refractivity contribution in [3.05, 3.63) is 114 Å². The van der Waals surface area contributed by atoms with Crippen LogP contribution in [0.15, 0.2) is 95.9 Å². The summed E-state index contributed by atoms with van der Waals surface area (Å²) in [6.07, 6.45) is -0.888. The minimum absolute atomic E-state index is 0.0248. The fraction of sp³-hybridized carbons (Fsp3) is 0.294. The summed E-state index contributed by atoms with van der Waals surface area (Å²) < 4.78 is 13.1. The van der Waals surface area contributed by atoms with Crippen LogP contribution in [0.2, 0.25) is 0 Å². The maximum Gasteiger partial charge on any atom is 0.258 e. The van der Waals surface area contributed by atoms with Gasteiger partial charge in [-0.25, -0.2) is 9.97 Å². The Morgan fingerprint density at radius 1 is 0.812 bits per heavy atom. The number of nitrogens with zero attached hydrogens (tertiary/aromatic N) is 7. The van der Waals surface area contributed by atoms with Crippen LogP contribution in [-0.4, -0.2) is 76.7 Å². The third-order valence-electron chi connectivity index (χ3n) is 8.23. The van der Waals surface area contributed by atoms with Crippen molar-refractivity contribution in [2.75, 3.05) is 35.6 Å². The zero-order chi connectivity index (χ0) is 32.9. The molecule has 5 N–H and O–H groups in total. The van der Waals surface area contributed by atoms with Crippen LogP contribution in [0.4, 0.5) is 17.6 Å². The first-order valence-electron chi connectivity index (χ1n) is 15.9. The first kappa shape index (κ1) is 31.2. The van der Waals surface area contributed by atoms with E-state index in [0.717, 1.165) is 16.9 Å². The van der Waals surface area contributed by atoms with Crippen molar-refractivity contribution in [2.24, 2.45) is 0 Å². The Labute approximate surface area is 276 Å². The van der Waals surface area contributed by atoms with Crippen molar-refractivity contribution in [1.82, 2.24) is 34.6 Å². The molecule has 1 fully saturated rings. The second kappa shape index (κ2) is 14.1. The second-order valence-electron chi connectivity index (χ2n) is 11.4. The highest BCUT2D eigenvalue weighted by Crippen LogP contribution is 2.40. The normalized spacial score (nSPS) is 19.2. The van der Waals surface area contributed by atoms with Crippen LogP contribution in [0.1, 0.15) is 48.0 Å². The minimum atomic E-state index is -1.32. The molecule has 0 spiro atoms. The quantitative estimate of drug-likeness (QED) is 0.114. The lowest BCUT2D eigenvalue weighted by Crippen LogP contribution is -2.29. The van der Waals surface area contributed by atoms with Gasteiger partial charge in [0.05, 0.1) is 6.33 Å². The Hall–Kier alpha value is -5.44. The molecule has 48 heavy (non-hydrogen) atoms. The third kappa shape index (κ3) is 6.53. The van der Waals surface area contributed by atoms with Crippen LogP contribution in [-0.2, 0) is 11.2 Å². The molecule has 0 bridgehead atoms. The molecule has 6 aromatic rings. The average Bonchev–Trinajstić information content (AvgIpc) is 3.86. The van der Waals surface area contributed by atoms with E-state index in [-0.39, 0.29) is 11.8 Å². The van der Waals surface area contributed by atoms with Crippen LogP contribution < -0.4 is 16.0 Å². The summed E-state index contributed by atoms with van der Waals surface area (Å²) >= 11 is 0. The largest absolute Gasteiger partial charge is 0.387 e. The van der Waals surface area contributed by atoms with Crippen molar-refractivity contribution in [3.8, 4) is 0 Å². The van der Waals surface area contributed by atoms with E-state index >= 15 is 0 Å². The number of hydrogen-bond acceptors (Lipinski definition) is 13. The lowest BCUT2D eigenvalue weighted by Gasteiger charge is -2.20. The van der Waals surface area contributed by atoms with Gasteiger partial charge in [0.25, 0.3) is 5.89 Å². The van der Waals surface area contributed by atoms with Crippen LogP contribution in [0.3, 0.4) is 0 Å². The summed E-state index contributed by atoms with van der Waals surface area (Å²) in [4.78, 5) is 22.8. The Bertz CT molecular complexity index is 1880. The molecule has 7 rings (SSSR count). The Morgan fingerprint density at radius 3 is 2.23 bits per heavy atom. The van der Waals surface area contributed by atoms with Crippen LogP contribution in [0.25, 0.3) is 11.2 Å². The number of imidazole rings is 1. The van der Waals surface area contributed by atoms with Gasteiger partial charge in [-0.05, 0) is 23.3 Å². The average molecular weight is 649 g/mol. The van der Waals surface area contributed by atoms with Gasteiger partial charge in [0.2, 0.25) is 5.95 Å². The van der Waals surface area contributed by atoms with Gasteiger partial charge in [-0.1, -0.05) is 78.8 Å². The lowest BCUT2D eigenvalue weighted by molar-refractivity contribution is -0.0451. The molecule has 2 aromatic carbocycles. The molecular formula is C34H36N10O4. The smallest absolute Gasteiger partial charge is 0.258 e. The molecule has 1 saturated heterocycles. The Morgan fingerprint density at radius 2 is 1.54 bits per heavy atom. The lowest BCUT2D eigenvalue weighted by atomic mass is 9.91. The van der Waals surface area contributed by atoms with Gasteiger partial charge in [0, 0.05) is 38.2 Å². The molecule has 5 heterocycles. The highest BCUT2D eigenvalue weighted by atomic mass is 16.6. The van der Waals surface area contributed by atoms with E-state index in [2.05, 4.69) is 60.3 Å². The molecule has 1 aliphatic rings. The van der Waals surface area contributed by atoms with Crippen molar-refractivity contribution in [2.45, 2.75) is 43.8 Å². The van der Waals surface area contributed by atoms with Crippen molar-refractivity contribution >= 4 is 28.7 Å². The number of aromatic nitrogens is 7. The minimum Gasteiger partial charge on any atom is -0.387 e. The summed E-state index contributed by atoms with van der Waals surface area (Å²) in [5, 5.41) is 36.1. The predicted molar refractivity (Wildman–Crippen MR) is 178 cm³/mol. The van der Waals surface area contributed by atoms with Crippen LogP contribution in [0.5, 0.6) is 0 Å². The summed E-state index contributed by atoms with van der Waals surface area (Å²) in [6.45, 7) is 3.47. The Kier molecular flexibility index (Phi) is 9.18. The number of rotatable bonds is 13. The van der Waals surface area contributed by atoms with Gasteiger partial charge in [-0.3, -0.25) is 4.57 Å². The van der Waals surface area contributed by atoms with E-state index < -0.39 is 24.5 Å². The molecule has 0 unspecified atom stereocenters. The van der Waals surface area contributed by atoms with Crippen molar-refractivity contribution in [3.63, 3.8) is 0 Å². The summed E-state index contributed by atoms with van der Waals surface area (Å²) in [7, 11) is 0. The topological polar surface area (TPSA) is 181 Å². The van der Waals surface area contributed by atoms with E-state index in [9.17, 15) is 10.2 Å². The highest BCUT2D eigenvalue weighted by Gasteiger charge is 2.47. The standard InChI is InChI=1S/C34H36N10O4/c1-2-24-40-32(48-43-24)29-27(45)28(46)33(47-29)44-20-39-26-30(38-19-23(21-11-5-3-6-12-21)22-13-7-4-8-14-22)41-34(42-31(26)44)37-18-17-36-25-15-9-10-16-35-25/h3-16,20,23,27-29,33,45-46H,2,17-19H2,1H3,(H,35,36)(H2,37,38,41,42)/t27-,28+,29-,33+/m0/s1. The molecule has 0 amide bonds. The van der Waals surface area contributed by atoms with E-state index in [1.54, 1.807) is 10.8 Å². The fourth-order valence-corrected chi connectivity index (χ4v) is 5.75. The SMILES string of the molecule is CCc1noc([C@H]2O[C@@H](n3cnc4c(NCC(c5ccccc5)c5ccccc5)nc(NCCNc5ccccn5)nc43)[C@H](O)[C@@H]2O)n1. The highest BCUT2D eigenvalue weighted by molar-refractivity contribution is 5.84. The third-order valence-corrected chi connectivity index (χ3v) is 8.23. The summed E-state index contributed by atoms with van der Waals surface area (Å²) in [5.41, 5.74) is 3.19. The monoisotopic (exact) mass is 648 g/mol. The van der Waals surface area contributed by atoms with E-state index in [0.29, 0.717) is 54.8 Å². The molecule has 14 heteroatoms. The molecule has 0 saturated carbocycles. The fourth-order valence-electron chi connectivity index (χ4n) is 5.75. The maximum absolute atomic E-state index is 11.1. The molecule has 246 valence electrons. The zero-order valence-electron chi connectivity index (χ0n) is 26.2. The molecule has 4 atom stereocenters. The number of fused-ring (bicyclic) bond motifs is 1. The van der Waals surface area contributed by atoms with Gasteiger partial charge in [0.1, 0.15) is 18.0 Å². The number of ether oxygens (including phenoxy) is 1.